The van der Waals surface area contributed by atoms with Gasteiger partial charge in [-0.25, -0.2) is 0 Å². The van der Waals surface area contributed by atoms with Crippen LogP contribution >= 0.6 is 27.7 Å². The highest BCUT2D eigenvalue weighted by molar-refractivity contribution is 9.10. The van der Waals surface area contributed by atoms with E-state index in [2.05, 4.69) is 52.1 Å². The standard InChI is InChI=1S/C12H13BrN2S/c1-15-10(3-2-6-14)8-16-12-7-9(13)4-5-11(12)15/h4-5,7,10H,2-3,8H2,1H3. The molecule has 0 fully saturated rings. The molecule has 0 spiro atoms. The van der Waals surface area contributed by atoms with Crippen LogP contribution in [-0.2, 0) is 0 Å². The molecule has 0 radical (unpaired) electrons. The number of nitrogens with zero attached hydrogens (tertiary/aromatic N) is 2. The van der Waals surface area contributed by atoms with Crippen molar-refractivity contribution in [1.29, 1.82) is 5.26 Å². The zero-order valence-corrected chi connectivity index (χ0v) is 11.5. The van der Waals surface area contributed by atoms with Crippen LogP contribution in [0.3, 0.4) is 0 Å². The normalized spacial score (nSPS) is 19.1. The van der Waals surface area contributed by atoms with Gasteiger partial charge in [0.15, 0.2) is 0 Å². The van der Waals surface area contributed by atoms with Crippen molar-refractivity contribution >= 4 is 33.4 Å². The Labute approximate surface area is 109 Å². The van der Waals surface area contributed by atoms with Crippen LogP contribution in [0.5, 0.6) is 0 Å². The number of rotatable bonds is 2. The number of hydrogen-bond donors (Lipinski definition) is 0. The largest absolute Gasteiger partial charge is 0.370 e. The van der Waals surface area contributed by atoms with E-state index in [0.717, 1.165) is 16.6 Å². The van der Waals surface area contributed by atoms with Crippen molar-refractivity contribution in [3.63, 3.8) is 0 Å². The van der Waals surface area contributed by atoms with Gasteiger partial charge in [-0.1, -0.05) is 15.9 Å². The molecule has 0 aliphatic carbocycles. The average Bonchev–Trinajstić information content (AvgIpc) is 2.28. The number of nitriles is 1. The van der Waals surface area contributed by atoms with E-state index in [9.17, 15) is 0 Å². The Morgan fingerprint density at radius 3 is 3.19 bits per heavy atom. The lowest BCUT2D eigenvalue weighted by Gasteiger charge is -2.35. The quantitative estimate of drug-likeness (QED) is 0.833. The van der Waals surface area contributed by atoms with Crippen LogP contribution in [0.15, 0.2) is 27.6 Å². The number of fused-ring (bicyclic) bond motifs is 1. The highest BCUT2D eigenvalue weighted by Crippen LogP contribution is 2.39. The summed E-state index contributed by atoms with van der Waals surface area (Å²) >= 11 is 5.38. The van der Waals surface area contributed by atoms with Gasteiger partial charge in [0, 0.05) is 34.6 Å². The maximum Gasteiger partial charge on any atom is 0.0622 e. The molecule has 4 heteroatoms. The molecule has 1 unspecified atom stereocenters. The van der Waals surface area contributed by atoms with Crippen molar-refractivity contribution in [3.8, 4) is 6.07 Å². The molecule has 0 saturated carbocycles. The third-order valence-corrected chi connectivity index (χ3v) is 4.55. The highest BCUT2D eigenvalue weighted by atomic mass is 79.9. The third kappa shape index (κ3) is 2.36. The Morgan fingerprint density at radius 1 is 1.62 bits per heavy atom. The molecule has 1 aliphatic rings. The molecule has 0 N–H and O–H groups in total. The van der Waals surface area contributed by atoms with E-state index in [1.165, 1.54) is 10.6 Å². The van der Waals surface area contributed by atoms with Crippen molar-refractivity contribution in [2.75, 3.05) is 17.7 Å². The number of halogens is 1. The topological polar surface area (TPSA) is 27.0 Å². The summed E-state index contributed by atoms with van der Waals surface area (Å²) in [6, 6.07) is 9.09. The number of thioether (sulfide) groups is 1. The van der Waals surface area contributed by atoms with Gasteiger partial charge in [-0.15, -0.1) is 11.8 Å². The first kappa shape index (κ1) is 11.8. The van der Waals surface area contributed by atoms with Gasteiger partial charge in [0.25, 0.3) is 0 Å². The third-order valence-electron chi connectivity index (χ3n) is 2.87. The van der Waals surface area contributed by atoms with E-state index in [0.29, 0.717) is 12.5 Å². The van der Waals surface area contributed by atoms with Crippen LogP contribution in [0.4, 0.5) is 5.69 Å². The fourth-order valence-electron chi connectivity index (χ4n) is 1.90. The molecule has 2 nitrogen and oxygen atoms in total. The first-order chi connectivity index (χ1) is 7.72. The van der Waals surface area contributed by atoms with E-state index >= 15 is 0 Å². The molecule has 0 bridgehead atoms. The zero-order chi connectivity index (χ0) is 11.5. The molecule has 0 amide bonds. The lowest BCUT2D eigenvalue weighted by atomic mass is 10.1. The molecular weight excluding hydrogens is 284 g/mol. The second-order valence-corrected chi connectivity index (χ2v) is 5.86. The van der Waals surface area contributed by atoms with Gasteiger partial charge >= 0.3 is 0 Å². The van der Waals surface area contributed by atoms with E-state index in [1.807, 2.05) is 11.8 Å². The minimum Gasteiger partial charge on any atom is -0.370 e. The Morgan fingerprint density at radius 2 is 2.44 bits per heavy atom. The SMILES string of the molecule is CN1c2ccc(Br)cc2SCC1CCC#N. The molecule has 2 rings (SSSR count). The molecule has 84 valence electrons. The van der Waals surface area contributed by atoms with Crippen LogP contribution in [0, 0.1) is 11.3 Å². The predicted molar refractivity (Wildman–Crippen MR) is 71.9 cm³/mol. The van der Waals surface area contributed by atoms with Crippen molar-refractivity contribution in [2.45, 2.75) is 23.8 Å². The van der Waals surface area contributed by atoms with Gasteiger partial charge in [0.05, 0.1) is 11.8 Å². The van der Waals surface area contributed by atoms with Crippen LogP contribution in [0.25, 0.3) is 0 Å². The maximum absolute atomic E-state index is 8.63. The van der Waals surface area contributed by atoms with Gasteiger partial charge < -0.3 is 4.90 Å². The van der Waals surface area contributed by atoms with E-state index in [4.69, 9.17) is 5.26 Å². The second-order valence-electron chi connectivity index (χ2n) is 3.88. The molecule has 0 aromatic heterocycles. The Balaban J connectivity index is 2.19. The van der Waals surface area contributed by atoms with Crippen LogP contribution in [0.1, 0.15) is 12.8 Å². The molecule has 16 heavy (non-hydrogen) atoms. The number of benzene rings is 1. The Bertz CT molecular complexity index is 428. The second kappa shape index (κ2) is 5.11. The van der Waals surface area contributed by atoms with Crippen LogP contribution < -0.4 is 4.90 Å². The molecule has 1 atom stereocenters. The average molecular weight is 297 g/mol. The summed E-state index contributed by atoms with van der Waals surface area (Å²) in [6.45, 7) is 0. The predicted octanol–water partition coefficient (Wildman–Crippen LogP) is 3.66. The highest BCUT2D eigenvalue weighted by Gasteiger charge is 2.23. The van der Waals surface area contributed by atoms with Gasteiger partial charge in [-0.2, -0.15) is 5.26 Å². The van der Waals surface area contributed by atoms with Crippen molar-refractivity contribution in [3.05, 3.63) is 22.7 Å². The van der Waals surface area contributed by atoms with Crippen molar-refractivity contribution in [2.24, 2.45) is 0 Å². The van der Waals surface area contributed by atoms with E-state index < -0.39 is 0 Å². The summed E-state index contributed by atoms with van der Waals surface area (Å²) in [6.07, 6.45) is 1.59. The Hall–Kier alpha value is -0.660. The minimum absolute atomic E-state index is 0.485. The first-order valence-corrected chi connectivity index (χ1v) is 7.02. The van der Waals surface area contributed by atoms with Crippen LogP contribution in [0.2, 0.25) is 0 Å². The van der Waals surface area contributed by atoms with E-state index in [-0.39, 0.29) is 0 Å². The zero-order valence-electron chi connectivity index (χ0n) is 9.11. The van der Waals surface area contributed by atoms with Crippen LogP contribution in [-0.4, -0.2) is 18.8 Å². The summed E-state index contributed by atoms with van der Waals surface area (Å²) in [7, 11) is 2.12. The van der Waals surface area contributed by atoms with Crippen molar-refractivity contribution in [1.82, 2.24) is 0 Å². The molecule has 1 aliphatic heterocycles. The fourth-order valence-corrected chi connectivity index (χ4v) is 3.74. The molecule has 1 heterocycles. The lowest BCUT2D eigenvalue weighted by Crippen LogP contribution is -2.36. The summed E-state index contributed by atoms with van der Waals surface area (Å²) in [5.41, 5.74) is 1.28. The van der Waals surface area contributed by atoms with Crippen molar-refractivity contribution < 1.29 is 0 Å². The fraction of sp³-hybridized carbons (Fsp3) is 0.417. The molecule has 1 aromatic carbocycles. The van der Waals surface area contributed by atoms with Gasteiger partial charge in [-0.05, 0) is 24.6 Å². The maximum atomic E-state index is 8.63. The Kier molecular flexibility index (Phi) is 3.78. The van der Waals surface area contributed by atoms with Gasteiger partial charge in [-0.3, -0.25) is 0 Å². The monoisotopic (exact) mass is 296 g/mol. The number of anilines is 1. The summed E-state index contributed by atoms with van der Waals surface area (Å²) in [5.74, 6) is 1.07. The summed E-state index contributed by atoms with van der Waals surface area (Å²) in [5, 5.41) is 8.63. The summed E-state index contributed by atoms with van der Waals surface area (Å²) < 4.78 is 1.13. The first-order valence-electron chi connectivity index (χ1n) is 5.24. The molecule has 0 saturated heterocycles. The van der Waals surface area contributed by atoms with Gasteiger partial charge in [0.1, 0.15) is 0 Å². The molecular formula is C12H13BrN2S. The van der Waals surface area contributed by atoms with Gasteiger partial charge in [0.2, 0.25) is 0 Å². The number of hydrogen-bond acceptors (Lipinski definition) is 3. The lowest BCUT2D eigenvalue weighted by molar-refractivity contribution is 0.636. The minimum atomic E-state index is 0.485. The molecule has 1 aromatic rings. The van der Waals surface area contributed by atoms with E-state index in [1.54, 1.807) is 0 Å². The smallest absolute Gasteiger partial charge is 0.0622 e. The summed E-state index contributed by atoms with van der Waals surface area (Å²) in [4.78, 5) is 3.63.